The van der Waals surface area contributed by atoms with Crippen LogP contribution in [-0.4, -0.2) is 21.4 Å². The highest BCUT2D eigenvalue weighted by Gasteiger charge is 2.19. The third-order valence-electron chi connectivity index (χ3n) is 4.04. The second-order valence-corrected chi connectivity index (χ2v) is 7.27. The lowest BCUT2D eigenvalue weighted by atomic mass is 9.98. The Morgan fingerprint density at radius 3 is 2.36 bits per heavy atom. The molecule has 25 heavy (non-hydrogen) atoms. The van der Waals surface area contributed by atoms with Crippen LogP contribution in [0, 0.1) is 0 Å². The number of methoxy groups -OCH3 is 1. The highest BCUT2D eigenvalue weighted by molar-refractivity contribution is 7.89. The Bertz CT molecular complexity index is 861. The van der Waals surface area contributed by atoms with Crippen LogP contribution in [0.5, 0.6) is 5.75 Å². The molecule has 0 saturated heterocycles. The quantitative estimate of drug-likeness (QED) is 0.825. The number of nitrogens with one attached hydrogen (secondary N) is 1. The largest absolute Gasteiger partial charge is 0.495 e. The van der Waals surface area contributed by atoms with Crippen LogP contribution in [-0.2, 0) is 21.2 Å². The van der Waals surface area contributed by atoms with Crippen molar-refractivity contribution in [2.24, 2.45) is 5.14 Å². The number of ether oxygens (including phenoxy) is 1. The summed E-state index contributed by atoms with van der Waals surface area (Å²) in [5.74, 6) is -0.322. The Labute approximate surface area is 148 Å². The molecule has 2 rings (SSSR count). The maximum absolute atomic E-state index is 12.5. The van der Waals surface area contributed by atoms with E-state index in [2.05, 4.69) is 12.2 Å². The molecule has 0 saturated carbocycles. The summed E-state index contributed by atoms with van der Waals surface area (Å²) in [6.07, 6.45) is 0.929. The Balaban J connectivity index is 2.26. The number of carbonyl (C=O) groups excluding carboxylic acids is 1. The third kappa shape index (κ3) is 4.58. The Morgan fingerprint density at radius 2 is 1.84 bits per heavy atom. The van der Waals surface area contributed by atoms with Crippen LogP contribution in [0.1, 0.15) is 30.9 Å². The number of rotatable bonds is 6. The predicted molar refractivity (Wildman–Crippen MR) is 97.2 cm³/mol. The van der Waals surface area contributed by atoms with E-state index < -0.39 is 15.9 Å². The molecule has 0 aliphatic rings. The first-order valence-electron chi connectivity index (χ1n) is 7.86. The molecule has 3 N–H and O–H groups in total. The molecule has 0 aliphatic carbocycles. The monoisotopic (exact) mass is 362 g/mol. The lowest BCUT2D eigenvalue weighted by Gasteiger charge is -2.15. The van der Waals surface area contributed by atoms with Crippen LogP contribution in [0.25, 0.3) is 0 Å². The molecule has 1 unspecified atom stereocenters. The maximum atomic E-state index is 12.5. The van der Waals surface area contributed by atoms with Crippen molar-refractivity contribution < 1.29 is 17.9 Å². The first kappa shape index (κ1) is 19.0. The predicted octanol–water partition coefficient (Wildman–Crippen LogP) is 2.65. The molecule has 7 heteroatoms. The van der Waals surface area contributed by atoms with Gasteiger partial charge in [-0.1, -0.05) is 31.2 Å². The molecule has 1 amide bonds. The fourth-order valence-corrected chi connectivity index (χ4v) is 2.94. The molecule has 0 aromatic heterocycles. The average Bonchev–Trinajstić information content (AvgIpc) is 2.60. The van der Waals surface area contributed by atoms with Gasteiger partial charge >= 0.3 is 0 Å². The molecule has 2 aromatic rings. The van der Waals surface area contributed by atoms with Gasteiger partial charge in [0.05, 0.1) is 23.6 Å². The number of hydrogen-bond acceptors (Lipinski definition) is 4. The molecule has 2 aromatic carbocycles. The number of aryl methyl sites for hydroxylation is 1. The Kier molecular flexibility index (Phi) is 5.81. The molecule has 134 valence electrons. The van der Waals surface area contributed by atoms with Crippen molar-refractivity contribution in [3.63, 3.8) is 0 Å². The molecule has 6 nitrogen and oxygen atoms in total. The van der Waals surface area contributed by atoms with Crippen molar-refractivity contribution in [1.82, 2.24) is 0 Å². The van der Waals surface area contributed by atoms with Crippen LogP contribution in [0.15, 0.2) is 47.4 Å². The van der Waals surface area contributed by atoms with Gasteiger partial charge in [0.25, 0.3) is 0 Å². The number of nitrogens with two attached hydrogens (primary N) is 1. The van der Waals surface area contributed by atoms with Gasteiger partial charge in [-0.25, -0.2) is 13.6 Å². The SMILES string of the molecule is CCc1ccc(C(C)C(=O)Nc2cc(S(N)(=O)=O)ccc2OC)cc1. The highest BCUT2D eigenvalue weighted by atomic mass is 32.2. The van der Waals surface area contributed by atoms with Gasteiger partial charge in [0, 0.05) is 0 Å². The van der Waals surface area contributed by atoms with Gasteiger partial charge in [-0.15, -0.1) is 0 Å². The van der Waals surface area contributed by atoms with Gasteiger partial charge in [-0.2, -0.15) is 0 Å². The normalized spacial score (nSPS) is 12.5. The molecule has 1 atom stereocenters. The van der Waals surface area contributed by atoms with Gasteiger partial charge < -0.3 is 10.1 Å². The van der Waals surface area contributed by atoms with Crippen molar-refractivity contribution >= 4 is 21.6 Å². The number of carbonyl (C=O) groups is 1. The third-order valence-corrected chi connectivity index (χ3v) is 4.95. The zero-order valence-electron chi connectivity index (χ0n) is 14.4. The summed E-state index contributed by atoms with van der Waals surface area (Å²) in [5.41, 5.74) is 2.33. The molecule has 0 spiro atoms. The first-order chi connectivity index (χ1) is 11.8. The van der Waals surface area contributed by atoms with E-state index in [1.165, 1.54) is 30.9 Å². The van der Waals surface area contributed by atoms with E-state index in [9.17, 15) is 13.2 Å². The summed E-state index contributed by atoms with van der Waals surface area (Å²) < 4.78 is 28.2. The lowest BCUT2D eigenvalue weighted by molar-refractivity contribution is -0.117. The number of sulfonamides is 1. The van der Waals surface area contributed by atoms with E-state index in [1.54, 1.807) is 6.92 Å². The van der Waals surface area contributed by atoms with E-state index >= 15 is 0 Å². The number of anilines is 1. The van der Waals surface area contributed by atoms with E-state index in [-0.39, 0.29) is 16.5 Å². The second-order valence-electron chi connectivity index (χ2n) is 5.71. The van der Waals surface area contributed by atoms with E-state index in [0.717, 1.165) is 12.0 Å². The standard InChI is InChI=1S/C18H22N2O4S/c1-4-13-5-7-14(8-6-13)12(2)18(21)20-16-11-15(25(19,22)23)9-10-17(16)24-3/h5-12H,4H2,1-3H3,(H,20,21)(H2,19,22,23). The van der Waals surface area contributed by atoms with E-state index in [0.29, 0.717) is 5.75 Å². The van der Waals surface area contributed by atoms with Crippen molar-refractivity contribution in [2.75, 3.05) is 12.4 Å². The summed E-state index contributed by atoms with van der Waals surface area (Å²) in [4.78, 5) is 12.5. The Morgan fingerprint density at radius 1 is 1.20 bits per heavy atom. The molecule has 0 fully saturated rings. The van der Waals surface area contributed by atoms with Crippen LogP contribution in [0.3, 0.4) is 0 Å². The molecule has 0 radical (unpaired) electrons. The van der Waals surface area contributed by atoms with Crippen LogP contribution in [0.2, 0.25) is 0 Å². The van der Waals surface area contributed by atoms with Gasteiger partial charge in [-0.3, -0.25) is 4.79 Å². The van der Waals surface area contributed by atoms with E-state index in [1.807, 2.05) is 24.3 Å². The molecule has 0 aliphatic heterocycles. The summed E-state index contributed by atoms with van der Waals surface area (Å²) in [6, 6.07) is 11.9. The average molecular weight is 362 g/mol. The van der Waals surface area contributed by atoms with Gasteiger partial charge in [0.15, 0.2) is 0 Å². The minimum Gasteiger partial charge on any atom is -0.495 e. The number of amides is 1. The highest BCUT2D eigenvalue weighted by Crippen LogP contribution is 2.28. The zero-order chi connectivity index (χ0) is 18.6. The second kappa shape index (κ2) is 7.67. The summed E-state index contributed by atoms with van der Waals surface area (Å²) in [7, 11) is -2.43. The maximum Gasteiger partial charge on any atom is 0.238 e. The molecular weight excluding hydrogens is 340 g/mol. The zero-order valence-corrected chi connectivity index (χ0v) is 15.3. The molecule has 0 bridgehead atoms. The van der Waals surface area contributed by atoms with Crippen molar-refractivity contribution in [2.45, 2.75) is 31.1 Å². The number of benzene rings is 2. The molecular formula is C18H22N2O4S. The number of hydrogen-bond donors (Lipinski definition) is 2. The van der Waals surface area contributed by atoms with Crippen molar-refractivity contribution in [3.05, 3.63) is 53.6 Å². The summed E-state index contributed by atoms with van der Waals surface area (Å²) in [6.45, 7) is 3.85. The van der Waals surface area contributed by atoms with E-state index in [4.69, 9.17) is 9.88 Å². The van der Waals surface area contributed by atoms with Crippen LogP contribution in [0.4, 0.5) is 5.69 Å². The fourth-order valence-electron chi connectivity index (χ4n) is 2.40. The molecule has 0 heterocycles. The van der Waals surface area contributed by atoms with Crippen molar-refractivity contribution in [1.29, 1.82) is 0 Å². The number of primary sulfonamides is 1. The van der Waals surface area contributed by atoms with Crippen LogP contribution < -0.4 is 15.2 Å². The Hall–Kier alpha value is -2.38. The fraction of sp³-hybridized carbons (Fsp3) is 0.278. The minimum absolute atomic E-state index is 0.0939. The topological polar surface area (TPSA) is 98.5 Å². The van der Waals surface area contributed by atoms with Gasteiger partial charge in [0.1, 0.15) is 5.75 Å². The summed E-state index contributed by atoms with van der Waals surface area (Å²) in [5, 5.41) is 7.86. The van der Waals surface area contributed by atoms with Crippen LogP contribution >= 0.6 is 0 Å². The van der Waals surface area contributed by atoms with Gasteiger partial charge in [-0.05, 0) is 42.7 Å². The smallest absolute Gasteiger partial charge is 0.238 e. The summed E-state index contributed by atoms with van der Waals surface area (Å²) >= 11 is 0. The minimum atomic E-state index is -3.87. The van der Waals surface area contributed by atoms with Gasteiger partial charge in [0.2, 0.25) is 15.9 Å². The lowest BCUT2D eigenvalue weighted by Crippen LogP contribution is -2.20. The van der Waals surface area contributed by atoms with Crippen molar-refractivity contribution in [3.8, 4) is 5.75 Å². The first-order valence-corrected chi connectivity index (χ1v) is 9.41.